The van der Waals surface area contributed by atoms with Gasteiger partial charge in [-0.25, -0.2) is 4.79 Å². The van der Waals surface area contributed by atoms with Crippen molar-refractivity contribution in [3.8, 4) is 11.5 Å². The maximum absolute atomic E-state index is 13.1. The van der Waals surface area contributed by atoms with Crippen molar-refractivity contribution in [1.82, 2.24) is 15.1 Å². The Labute approximate surface area is 183 Å². The SMILES string of the molecule is O=C(NC12CC3CC(CC(C3)C1)C2)N1CCN(C(=O)[C@@H]2COc3ccccc3O2)CC1. The molecular weight excluding hydrogens is 394 g/mol. The van der Waals surface area contributed by atoms with Gasteiger partial charge in [0, 0.05) is 31.7 Å². The number of hydrogen-bond acceptors (Lipinski definition) is 4. The molecule has 1 aromatic rings. The van der Waals surface area contributed by atoms with Crippen LogP contribution in [0, 0.1) is 17.8 Å². The van der Waals surface area contributed by atoms with Gasteiger partial charge < -0.3 is 24.6 Å². The summed E-state index contributed by atoms with van der Waals surface area (Å²) in [5.41, 5.74) is 0.0272. The van der Waals surface area contributed by atoms with Crippen LogP contribution in [-0.2, 0) is 4.79 Å². The third-order valence-electron chi connectivity index (χ3n) is 8.07. The number of carbonyl (C=O) groups excluding carboxylic acids is 2. The van der Waals surface area contributed by atoms with Crippen molar-refractivity contribution < 1.29 is 19.1 Å². The van der Waals surface area contributed by atoms with E-state index in [1.54, 1.807) is 4.90 Å². The first-order valence-corrected chi connectivity index (χ1v) is 11.8. The quantitative estimate of drug-likeness (QED) is 0.791. The van der Waals surface area contributed by atoms with Crippen molar-refractivity contribution in [2.75, 3.05) is 32.8 Å². The van der Waals surface area contributed by atoms with Crippen LogP contribution in [0.4, 0.5) is 4.79 Å². The Kier molecular flexibility index (Phi) is 4.54. The van der Waals surface area contributed by atoms with Crippen LogP contribution in [-0.4, -0.2) is 66.2 Å². The van der Waals surface area contributed by atoms with Crippen molar-refractivity contribution in [1.29, 1.82) is 0 Å². The Bertz CT molecular complexity index is 844. The molecule has 7 rings (SSSR count). The lowest BCUT2D eigenvalue weighted by Gasteiger charge is -2.57. The maximum Gasteiger partial charge on any atom is 0.317 e. The van der Waals surface area contributed by atoms with Crippen LogP contribution in [0.15, 0.2) is 24.3 Å². The van der Waals surface area contributed by atoms with E-state index < -0.39 is 6.10 Å². The highest BCUT2D eigenvalue weighted by Crippen LogP contribution is 2.55. The Morgan fingerprint density at radius 1 is 0.871 bits per heavy atom. The van der Waals surface area contributed by atoms with Gasteiger partial charge in [-0.15, -0.1) is 0 Å². The van der Waals surface area contributed by atoms with Gasteiger partial charge in [-0.05, 0) is 68.4 Å². The lowest BCUT2D eigenvalue weighted by molar-refractivity contribution is -0.142. The summed E-state index contributed by atoms with van der Waals surface area (Å²) >= 11 is 0. The third kappa shape index (κ3) is 3.52. The molecule has 0 unspecified atom stereocenters. The summed E-state index contributed by atoms with van der Waals surface area (Å²) < 4.78 is 11.6. The summed E-state index contributed by atoms with van der Waals surface area (Å²) in [4.78, 5) is 29.7. The molecule has 0 spiro atoms. The highest BCUT2D eigenvalue weighted by atomic mass is 16.6. The molecule has 1 atom stereocenters. The summed E-state index contributed by atoms with van der Waals surface area (Å²) in [6.07, 6.45) is 6.95. The minimum atomic E-state index is -0.623. The first-order chi connectivity index (χ1) is 15.1. The Hall–Kier alpha value is -2.44. The van der Waals surface area contributed by atoms with Gasteiger partial charge in [0.25, 0.3) is 5.91 Å². The normalized spacial score (nSPS) is 35.7. The average molecular weight is 426 g/mol. The summed E-state index contributed by atoms with van der Waals surface area (Å²) in [5.74, 6) is 3.66. The van der Waals surface area contributed by atoms with Crippen molar-refractivity contribution in [3.63, 3.8) is 0 Å². The van der Waals surface area contributed by atoms with Gasteiger partial charge in [0.15, 0.2) is 11.5 Å². The first kappa shape index (κ1) is 19.3. The molecular formula is C24H31N3O4. The van der Waals surface area contributed by atoms with Crippen LogP contribution in [0.3, 0.4) is 0 Å². The predicted molar refractivity (Wildman–Crippen MR) is 114 cm³/mol. The van der Waals surface area contributed by atoms with Gasteiger partial charge in [-0.1, -0.05) is 12.1 Å². The lowest BCUT2D eigenvalue weighted by Crippen LogP contribution is -2.63. The molecule has 1 aromatic carbocycles. The summed E-state index contributed by atoms with van der Waals surface area (Å²) in [7, 11) is 0. The predicted octanol–water partition coefficient (Wildman–Crippen LogP) is 2.65. The number of benzene rings is 1. The molecule has 31 heavy (non-hydrogen) atoms. The molecule has 4 saturated carbocycles. The highest BCUT2D eigenvalue weighted by Gasteiger charge is 2.52. The zero-order valence-corrected chi connectivity index (χ0v) is 17.9. The number of nitrogens with one attached hydrogen (secondary N) is 1. The molecule has 7 heteroatoms. The third-order valence-corrected chi connectivity index (χ3v) is 8.07. The summed E-state index contributed by atoms with van der Waals surface area (Å²) in [6.45, 7) is 2.42. The van der Waals surface area contributed by atoms with Crippen LogP contribution in [0.2, 0.25) is 0 Å². The number of para-hydroxylation sites is 2. The van der Waals surface area contributed by atoms with Gasteiger partial charge in [0.1, 0.15) is 6.61 Å². The summed E-state index contributed by atoms with van der Waals surface area (Å²) in [5, 5.41) is 3.45. The topological polar surface area (TPSA) is 71.1 Å². The molecule has 7 nitrogen and oxygen atoms in total. The smallest absolute Gasteiger partial charge is 0.317 e. The molecule has 1 N–H and O–H groups in total. The number of hydrogen-bond donors (Lipinski definition) is 1. The fourth-order valence-electron chi connectivity index (χ4n) is 7.04. The van der Waals surface area contributed by atoms with Crippen molar-refractivity contribution >= 4 is 11.9 Å². The largest absolute Gasteiger partial charge is 0.485 e. The second kappa shape index (κ2) is 7.31. The fourth-order valence-corrected chi connectivity index (χ4v) is 7.04. The number of urea groups is 1. The van der Waals surface area contributed by atoms with Crippen LogP contribution in [0.1, 0.15) is 38.5 Å². The minimum absolute atomic E-state index is 0.0272. The fraction of sp³-hybridized carbons (Fsp3) is 0.667. The number of piperazine rings is 1. The van der Waals surface area contributed by atoms with Crippen molar-refractivity contribution in [2.24, 2.45) is 17.8 Å². The number of rotatable bonds is 2. The number of carbonyl (C=O) groups is 2. The monoisotopic (exact) mass is 425 g/mol. The van der Waals surface area contributed by atoms with Crippen LogP contribution < -0.4 is 14.8 Å². The molecule has 2 heterocycles. The van der Waals surface area contributed by atoms with Gasteiger partial charge in [0.2, 0.25) is 6.10 Å². The van der Waals surface area contributed by atoms with Gasteiger partial charge >= 0.3 is 6.03 Å². The van der Waals surface area contributed by atoms with Crippen LogP contribution in [0.25, 0.3) is 0 Å². The van der Waals surface area contributed by atoms with Crippen LogP contribution >= 0.6 is 0 Å². The van der Waals surface area contributed by atoms with E-state index in [9.17, 15) is 9.59 Å². The standard InChI is InChI=1S/C24H31N3O4/c28-22(21-15-30-19-3-1-2-4-20(19)31-21)26-5-7-27(8-6-26)23(29)25-24-12-16-9-17(13-24)11-18(10-16)14-24/h1-4,16-18,21H,5-15H2,(H,25,29)/t16?,17?,18?,21-,24?/m0/s1. The Morgan fingerprint density at radius 2 is 1.45 bits per heavy atom. The molecule has 0 radical (unpaired) electrons. The molecule has 4 aliphatic carbocycles. The van der Waals surface area contributed by atoms with Gasteiger partial charge in [0.05, 0.1) is 0 Å². The number of amides is 3. The zero-order chi connectivity index (χ0) is 21.0. The molecule has 4 bridgehead atoms. The van der Waals surface area contributed by atoms with E-state index in [1.165, 1.54) is 19.3 Å². The van der Waals surface area contributed by atoms with E-state index in [0.717, 1.165) is 37.0 Å². The molecule has 166 valence electrons. The molecule has 5 fully saturated rings. The van der Waals surface area contributed by atoms with E-state index in [4.69, 9.17) is 9.47 Å². The number of ether oxygens (including phenoxy) is 2. The molecule has 6 aliphatic rings. The van der Waals surface area contributed by atoms with E-state index in [1.807, 2.05) is 29.2 Å². The second-order valence-corrected chi connectivity index (χ2v) is 10.3. The molecule has 2 aliphatic heterocycles. The van der Waals surface area contributed by atoms with E-state index in [-0.39, 0.29) is 24.1 Å². The number of fused-ring (bicyclic) bond motifs is 1. The molecule has 0 aromatic heterocycles. The average Bonchev–Trinajstić information content (AvgIpc) is 2.77. The maximum atomic E-state index is 13.1. The van der Waals surface area contributed by atoms with Crippen LogP contribution in [0.5, 0.6) is 11.5 Å². The first-order valence-electron chi connectivity index (χ1n) is 11.8. The van der Waals surface area contributed by atoms with Gasteiger partial charge in [-0.2, -0.15) is 0 Å². The van der Waals surface area contributed by atoms with E-state index >= 15 is 0 Å². The summed E-state index contributed by atoms with van der Waals surface area (Å²) in [6, 6.07) is 7.48. The minimum Gasteiger partial charge on any atom is -0.485 e. The zero-order valence-electron chi connectivity index (χ0n) is 17.9. The Balaban J connectivity index is 1.03. The van der Waals surface area contributed by atoms with E-state index in [2.05, 4.69) is 5.32 Å². The Morgan fingerprint density at radius 3 is 2.10 bits per heavy atom. The second-order valence-electron chi connectivity index (χ2n) is 10.3. The lowest BCUT2D eigenvalue weighted by atomic mass is 9.53. The number of nitrogens with zero attached hydrogens (tertiary/aromatic N) is 2. The highest BCUT2D eigenvalue weighted by molar-refractivity contribution is 5.82. The van der Waals surface area contributed by atoms with Crippen molar-refractivity contribution in [2.45, 2.75) is 50.2 Å². The van der Waals surface area contributed by atoms with Gasteiger partial charge in [-0.3, -0.25) is 4.79 Å². The molecule has 1 saturated heterocycles. The molecule has 3 amide bonds. The van der Waals surface area contributed by atoms with Crippen molar-refractivity contribution in [3.05, 3.63) is 24.3 Å². The van der Waals surface area contributed by atoms with E-state index in [0.29, 0.717) is 37.7 Å².